The van der Waals surface area contributed by atoms with Crippen molar-refractivity contribution in [3.05, 3.63) is 59.9 Å². The number of benzene rings is 2. The van der Waals surface area contributed by atoms with Crippen molar-refractivity contribution >= 4 is 16.8 Å². The average Bonchev–Trinajstić information content (AvgIpc) is 2.74. The van der Waals surface area contributed by atoms with Crippen molar-refractivity contribution in [3.8, 4) is 5.69 Å². The Labute approximate surface area is 117 Å². The molecule has 0 spiro atoms. The molecule has 3 heteroatoms. The van der Waals surface area contributed by atoms with Crippen molar-refractivity contribution in [2.24, 2.45) is 0 Å². The van der Waals surface area contributed by atoms with Gasteiger partial charge in [0.15, 0.2) is 0 Å². The molecule has 0 atom stereocenters. The molecule has 1 aromatic heterocycles. The largest absolute Gasteiger partial charge is 0.300 e. The Kier molecular flexibility index (Phi) is 3.11. The molecule has 0 amide bonds. The van der Waals surface area contributed by atoms with Gasteiger partial charge in [0.25, 0.3) is 0 Å². The summed E-state index contributed by atoms with van der Waals surface area (Å²) in [5, 5.41) is 0. The first-order valence-corrected chi connectivity index (χ1v) is 6.68. The first kappa shape index (κ1) is 12.6. The van der Waals surface area contributed by atoms with Gasteiger partial charge in [0.05, 0.1) is 11.0 Å². The summed E-state index contributed by atoms with van der Waals surface area (Å²) in [5.74, 6) is 1.12. The maximum absolute atomic E-state index is 11.2. The number of carbonyl (C=O) groups excluding carboxylic acids is 1. The molecule has 20 heavy (non-hydrogen) atoms. The number of hydrogen-bond acceptors (Lipinski definition) is 2. The Hall–Kier alpha value is -2.42. The fourth-order valence-electron chi connectivity index (χ4n) is 2.55. The summed E-state index contributed by atoms with van der Waals surface area (Å²) < 4.78 is 2.13. The molecule has 0 N–H and O–H groups in total. The first-order valence-electron chi connectivity index (χ1n) is 6.68. The lowest BCUT2D eigenvalue weighted by Crippen LogP contribution is -1.97. The normalized spacial score (nSPS) is 10.9. The van der Waals surface area contributed by atoms with Crippen LogP contribution >= 0.6 is 0 Å². The molecular weight excluding hydrogens is 248 g/mol. The summed E-state index contributed by atoms with van der Waals surface area (Å²) in [4.78, 5) is 15.8. The van der Waals surface area contributed by atoms with E-state index in [9.17, 15) is 4.79 Å². The lowest BCUT2D eigenvalue weighted by molar-refractivity contribution is -0.116. The molecule has 0 fully saturated rings. The summed E-state index contributed by atoms with van der Waals surface area (Å²) >= 11 is 0. The third-order valence-electron chi connectivity index (χ3n) is 3.35. The number of hydrogen-bond donors (Lipinski definition) is 0. The zero-order valence-electron chi connectivity index (χ0n) is 11.6. The summed E-state index contributed by atoms with van der Waals surface area (Å²) in [7, 11) is 0. The van der Waals surface area contributed by atoms with E-state index in [-0.39, 0.29) is 5.78 Å². The minimum Gasteiger partial charge on any atom is -0.300 e. The zero-order valence-corrected chi connectivity index (χ0v) is 11.6. The molecule has 0 radical (unpaired) electrons. The van der Waals surface area contributed by atoms with Gasteiger partial charge >= 0.3 is 0 Å². The van der Waals surface area contributed by atoms with Gasteiger partial charge in [-0.2, -0.15) is 0 Å². The quantitative estimate of drug-likeness (QED) is 0.726. The van der Waals surface area contributed by atoms with Gasteiger partial charge in [-0.15, -0.1) is 0 Å². The van der Waals surface area contributed by atoms with Crippen LogP contribution in [0.1, 0.15) is 18.3 Å². The number of Topliss-reactive ketones (excluding diaryl/α,β-unsaturated/α-hetero) is 1. The number of ketones is 1. The van der Waals surface area contributed by atoms with E-state index in [0.29, 0.717) is 6.42 Å². The summed E-state index contributed by atoms with van der Waals surface area (Å²) in [6.45, 7) is 3.61. The predicted octanol–water partition coefficient (Wildman–Crippen LogP) is 3.47. The first-order chi connectivity index (χ1) is 9.65. The monoisotopic (exact) mass is 264 g/mol. The van der Waals surface area contributed by atoms with E-state index in [1.54, 1.807) is 6.92 Å². The highest BCUT2D eigenvalue weighted by molar-refractivity contribution is 5.82. The smallest absolute Gasteiger partial charge is 0.134 e. The maximum Gasteiger partial charge on any atom is 0.134 e. The number of carbonyl (C=O) groups is 1. The second-order valence-electron chi connectivity index (χ2n) is 5.03. The second-order valence-corrected chi connectivity index (χ2v) is 5.03. The molecule has 0 bridgehead atoms. The summed E-state index contributed by atoms with van der Waals surface area (Å²) in [6, 6.07) is 16.2. The van der Waals surface area contributed by atoms with Crippen LogP contribution in [0, 0.1) is 6.92 Å². The highest BCUT2D eigenvalue weighted by atomic mass is 16.1. The van der Waals surface area contributed by atoms with Crippen LogP contribution in [0.5, 0.6) is 0 Å². The van der Waals surface area contributed by atoms with Crippen molar-refractivity contribution in [2.75, 3.05) is 0 Å². The van der Waals surface area contributed by atoms with E-state index < -0.39 is 0 Å². The van der Waals surface area contributed by atoms with Crippen molar-refractivity contribution in [2.45, 2.75) is 20.3 Å². The van der Waals surface area contributed by atoms with Crippen LogP contribution < -0.4 is 0 Å². The third-order valence-corrected chi connectivity index (χ3v) is 3.35. The minimum absolute atomic E-state index is 0.170. The van der Waals surface area contributed by atoms with Crippen LogP contribution in [-0.2, 0) is 11.2 Å². The van der Waals surface area contributed by atoms with Crippen LogP contribution in [0.3, 0.4) is 0 Å². The number of fused-ring (bicyclic) bond motifs is 1. The van der Waals surface area contributed by atoms with Gasteiger partial charge in [-0.1, -0.05) is 24.3 Å². The standard InChI is InChI=1S/C17H16N2O/c1-12(20)10-14-8-9-17-16(11-14)18-13(2)19(17)15-6-4-3-5-7-15/h3-9,11H,10H2,1-2H3. The van der Waals surface area contributed by atoms with Crippen molar-refractivity contribution in [3.63, 3.8) is 0 Å². The van der Waals surface area contributed by atoms with Crippen LogP contribution in [0.2, 0.25) is 0 Å². The molecule has 0 unspecified atom stereocenters. The van der Waals surface area contributed by atoms with Crippen molar-refractivity contribution < 1.29 is 4.79 Å². The van der Waals surface area contributed by atoms with Gasteiger partial charge in [0.1, 0.15) is 11.6 Å². The Morgan fingerprint density at radius 3 is 2.60 bits per heavy atom. The molecule has 3 rings (SSSR count). The molecule has 0 aliphatic heterocycles. The maximum atomic E-state index is 11.2. The SMILES string of the molecule is CC(=O)Cc1ccc2c(c1)nc(C)n2-c1ccccc1. The number of aromatic nitrogens is 2. The molecule has 1 heterocycles. The number of imidazole rings is 1. The molecule has 3 nitrogen and oxygen atoms in total. The molecule has 100 valence electrons. The van der Waals surface area contributed by atoms with Gasteiger partial charge < -0.3 is 0 Å². The van der Waals surface area contributed by atoms with Crippen LogP contribution in [0.25, 0.3) is 16.7 Å². The molecule has 3 aromatic rings. The van der Waals surface area contributed by atoms with Crippen molar-refractivity contribution in [1.29, 1.82) is 0 Å². The van der Waals surface area contributed by atoms with Gasteiger partial charge in [-0.05, 0) is 43.7 Å². The number of rotatable bonds is 3. The highest BCUT2D eigenvalue weighted by Crippen LogP contribution is 2.22. The van der Waals surface area contributed by atoms with E-state index in [2.05, 4.69) is 21.7 Å². The van der Waals surface area contributed by atoms with Crippen LogP contribution in [-0.4, -0.2) is 15.3 Å². The fraction of sp³-hybridized carbons (Fsp3) is 0.176. The Morgan fingerprint density at radius 2 is 1.90 bits per heavy atom. The topological polar surface area (TPSA) is 34.9 Å². The van der Waals surface area contributed by atoms with E-state index in [1.165, 1.54) is 0 Å². The Morgan fingerprint density at radius 1 is 1.15 bits per heavy atom. The van der Waals surface area contributed by atoms with Gasteiger partial charge in [0.2, 0.25) is 0 Å². The van der Waals surface area contributed by atoms with Crippen LogP contribution in [0.15, 0.2) is 48.5 Å². The lowest BCUT2D eigenvalue weighted by Gasteiger charge is -2.06. The molecular formula is C17H16N2O. The highest BCUT2D eigenvalue weighted by Gasteiger charge is 2.10. The van der Waals surface area contributed by atoms with E-state index in [0.717, 1.165) is 28.1 Å². The fourth-order valence-corrected chi connectivity index (χ4v) is 2.55. The number of aryl methyl sites for hydroxylation is 1. The van der Waals surface area contributed by atoms with Crippen molar-refractivity contribution in [1.82, 2.24) is 9.55 Å². The average molecular weight is 264 g/mol. The van der Waals surface area contributed by atoms with Gasteiger partial charge in [-0.3, -0.25) is 9.36 Å². The van der Waals surface area contributed by atoms with E-state index in [1.807, 2.05) is 43.3 Å². The molecule has 0 saturated heterocycles. The van der Waals surface area contributed by atoms with E-state index >= 15 is 0 Å². The van der Waals surface area contributed by atoms with Gasteiger partial charge in [0, 0.05) is 12.1 Å². The molecule has 2 aromatic carbocycles. The minimum atomic E-state index is 0.170. The molecule has 0 saturated carbocycles. The lowest BCUT2D eigenvalue weighted by atomic mass is 10.1. The van der Waals surface area contributed by atoms with Gasteiger partial charge in [-0.25, -0.2) is 4.98 Å². The Bertz CT molecular complexity index is 772. The number of nitrogens with zero attached hydrogens (tertiary/aromatic N) is 2. The number of para-hydroxylation sites is 1. The Balaban J connectivity index is 2.15. The second kappa shape index (κ2) is 4.93. The zero-order chi connectivity index (χ0) is 14.1. The summed E-state index contributed by atoms with van der Waals surface area (Å²) in [6.07, 6.45) is 0.465. The molecule has 0 aliphatic carbocycles. The summed E-state index contributed by atoms with van der Waals surface area (Å²) in [5.41, 5.74) is 4.13. The van der Waals surface area contributed by atoms with E-state index in [4.69, 9.17) is 0 Å². The van der Waals surface area contributed by atoms with Crippen LogP contribution in [0.4, 0.5) is 0 Å². The molecule has 0 aliphatic rings. The third kappa shape index (κ3) is 2.23. The predicted molar refractivity (Wildman–Crippen MR) is 80.2 cm³/mol.